The van der Waals surface area contributed by atoms with Gasteiger partial charge in [0.05, 0.1) is 5.69 Å². The zero-order valence-electron chi connectivity index (χ0n) is 11.1. The van der Waals surface area contributed by atoms with Gasteiger partial charge in [-0.05, 0) is 61.5 Å². The van der Waals surface area contributed by atoms with Crippen LogP contribution in [0.15, 0.2) is 36.4 Å². The van der Waals surface area contributed by atoms with E-state index in [1.54, 1.807) is 12.1 Å². The molecule has 0 saturated carbocycles. The molecule has 2 nitrogen and oxygen atoms in total. The van der Waals surface area contributed by atoms with E-state index in [0.29, 0.717) is 10.1 Å². The van der Waals surface area contributed by atoms with E-state index in [0.717, 1.165) is 16.8 Å². The van der Waals surface area contributed by atoms with Gasteiger partial charge < -0.3 is 10.6 Å². The minimum atomic E-state index is -0.442. The summed E-state index contributed by atoms with van der Waals surface area (Å²) >= 11 is 10.9. The number of halogens is 2. The van der Waals surface area contributed by atoms with Gasteiger partial charge in [-0.3, -0.25) is 0 Å². The third-order valence-electron chi connectivity index (χ3n) is 3.03. The molecule has 0 aromatic heterocycles. The lowest BCUT2D eigenvalue weighted by Gasteiger charge is -2.14. The topological polar surface area (TPSA) is 24.1 Å². The Labute approximate surface area is 128 Å². The molecule has 104 valence electrons. The molecule has 0 amide bonds. The molecule has 20 heavy (non-hydrogen) atoms. The van der Waals surface area contributed by atoms with E-state index in [9.17, 15) is 4.39 Å². The molecule has 0 heterocycles. The Morgan fingerprint density at radius 1 is 1.10 bits per heavy atom. The van der Waals surface area contributed by atoms with Crippen LogP contribution >= 0.6 is 23.8 Å². The van der Waals surface area contributed by atoms with Gasteiger partial charge in [-0.15, -0.1) is 0 Å². The molecular weight excluding hydrogens is 295 g/mol. The lowest BCUT2D eigenvalue weighted by molar-refractivity contribution is 0.632. The first-order chi connectivity index (χ1) is 9.47. The summed E-state index contributed by atoms with van der Waals surface area (Å²) in [6.07, 6.45) is 0. The van der Waals surface area contributed by atoms with E-state index in [2.05, 4.69) is 10.6 Å². The number of hydrogen-bond donors (Lipinski definition) is 2. The second-order valence-corrected chi connectivity index (χ2v) is 5.30. The van der Waals surface area contributed by atoms with Crippen LogP contribution < -0.4 is 10.6 Å². The van der Waals surface area contributed by atoms with Crippen molar-refractivity contribution in [2.45, 2.75) is 13.8 Å². The third-order valence-corrected chi connectivity index (χ3v) is 3.47. The molecule has 0 fully saturated rings. The summed E-state index contributed by atoms with van der Waals surface area (Å²) in [5.41, 5.74) is 3.46. The minimum Gasteiger partial charge on any atom is -0.332 e. The van der Waals surface area contributed by atoms with E-state index >= 15 is 0 Å². The Morgan fingerprint density at radius 3 is 2.50 bits per heavy atom. The van der Waals surface area contributed by atoms with Gasteiger partial charge in [0.1, 0.15) is 5.82 Å². The minimum absolute atomic E-state index is 0.289. The highest BCUT2D eigenvalue weighted by Crippen LogP contribution is 2.21. The smallest absolute Gasteiger partial charge is 0.175 e. The number of anilines is 2. The normalized spacial score (nSPS) is 10.2. The van der Waals surface area contributed by atoms with Gasteiger partial charge >= 0.3 is 0 Å². The van der Waals surface area contributed by atoms with Crippen LogP contribution in [0.3, 0.4) is 0 Å². The van der Waals surface area contributed by atoms with E-state index in [1.165, 1.54) is 6.07 Å². The summed E-state index contributed by atoms with van der Waals surface area (Å²) in [5.74, 6) is -0.442. The molecule has 0 aliphatic rings. The molecule has 0 radical (unpaired) electrons. The maximum atomic E-state index is 13.7. The first kappa shape index (κ1) is 14.8. The van der Waals surface area contributed by atoms with Crippen LogP contribution in [0.4, 0.5) is 15.8 Å². The summed E-state index contributed by atoms with van der Waals surface area (Å²) in [6, 6.07) is 10.3. The molecule has 0 bridgehead atoms. The van der Waals surface area contributed by atoms with Crippen LogP contribution in [-0.2, 0) is 0 Å². The van der Waals surface area contributed by atoms with E-state index in [1.807, 2.05) is 32.0 Å². The Balaban J connectivity index is 2.11. The Hall–Kier alpha value is -1.65. The predicted octanol–water partition coefficient (Wildman–Crippen LogP) is 4.90. The predicted molar refractivity (Wildman–Crippen MR) is 87.2 cm³/mol. The third kappa shape index (κ3) is 3.46. The van der Waals surface area contributed by atoms with Crippen molar-refractivity contribution >= 4 is 40.3 Å². The van der Waals surface area contributed by atoms with Crippen molar-refractivity contribution in [3.05, 3.63) is 58.4 Å². The summed E-state index contributed by atoms with van der Waals surface area (Å²) in [7, 11) is 0. The van der Waals surface area contributed by atoms with Gasteiger partial charge in [0, 0.05) is 10.7 Å². The SMILES string of the molecule is Cc1cccc(NC(=S)Nc2ccc(Cl)cc2F)c1C. The van der Waals surface area contributed by atoms with Crippen LogP contribution in [0.2, 0.25) is 5.02 Å². The first-order valence-electron chi connectivity index (χ1n) is 6.06. The number of hydrogen-bond acceptors (Lipinski definition) is 1. The maximum Gasteiger partial charge on any atom is 0.175 e. The number of aryl methyl sites for hydroxylation is 1. The number of nitrogens with one attached hydrogen (secondary N) is 2. The maximum absolute atomic E-state index is 13.7. The molecule has 0 saturated heterocycles. The molecular formula is C15H14ClFN2S. The lowest BCUT2D eigenvalue weighted by Crippen LogP contribution is -2.20. The fraction of sp³-hybridized carbons (Fsp3) is 0.133. The van der Waals surface area contributed by atoms with Crippen molar-refractivity contribution in [2.75, 3.05) is 10.6 Å². The molecule has 2 aromatic carbocycles. The molecule has 2 aromatic rings. The zero-order chi connectivity index (χ0) is 14.7. The van der Waals surface area contributed by atoms with Gasteiger partial charge in [0.2, 0.25) is 0 Å². The van der Waals surface area contributed by atoms with Gasteiger partial charge in [0.25, 0.3) is 0 Å². The van der Waals surface area contributed by atoms with Crippen LogP contribution in [0, 0.1) is 19.7 Å². The van der Waals surface area contributed by atoms with Crippen LogP contribution in [0.25, 0.3) is 0 Å². The average Bonchev–Trinajstić information content (AvgIpc) is 2.38. The van der Waals surface area contributed by atoms with Gasteiger partial charge in [-0.2, -0.15) is 0 Å². The van der Waals surface area contributed by atoms with Crippen LogP contribution in [0.1, 0.15) is 11.1 Å². The van der Waals surface area contributed by atoms with E-state index < -0.39 is 5.82 Å². The first-order valence-corrected chi connectivity index (χ1v) is 6.85. The zero-order valence-corrected chi connectivity index (χ0v) is 12.7. The lowest BCUT2D eigenvalue weighted by atomic mass is 10.1. The van der Waals surface area contributed by atoms with Gasteiger partial charge in [-0.1, -0.05) is 23.7 Å². The highest BCUT2D eigenvalue weighted by atomic mass is 35.5. The summed E-state index contributed by atoms with van der Waals surface area (Å²) < 4.78 is 13.7. The molecule has 2 N–H and O–H groups in total. The Morgan fingerprint density at radius 2 is 1.80 bits per heavy atom. The average molecular weight is 309 g/mol. The van der Waals surface area contributed by atoms with E-state index in [4.69, 9.17) is 23.8 Å². The standard InChI is InChI=1S/C15H14ClFN2S/c1-9-4-3-5-13(10(9)2)18-15(20)19-14-7-6-11(16)8-12(14)17/h3-8H,1-2H3,(H2,18,19,20). The van der Waals surface area contributed by atoms with Crippen LogP contribution in [0.5, 0.6) is 0 Å². The molecule has 5 heteroatoms. The molecule has 0 spiro atoms. The van der Waals surface area contributed by atoms with Crippen molar-refractivity contribution < 1.29 is 4.39 Å². The van der Waals surface area contributed by atoms with Crippen LogP contribution in [-0.4, -0.2) is 5.11 Å². The summed E-state index contributed by atoms with van der Waals surface area (Å²) in [4.78, 5) is 0. The summed E-state index contributed by atoms with van der Waals surface area (Å²) in [5, 5.41) is 6.56. The molecule has 0 atom stereocenters. The summed E-state index contributed by atoms with van der Waals surface area (Å²) in [6.45, 7) is 4.03. The number of benzene rings is 2. The molecule has 0 unspecified atom stereocenters. The largest absolute Gasteiger partial charge is 0.332 e. The monoisotopic (exact) mass is 308 g/mol. The fourth-order valence-corrected chi connectivity index (χ4v) is 2.13. The number of thiocarbonyl (C=S) groups is 1. The highest BCUT2D eigenvalue weighted by molar-refractivity contribution is 7.80. The Bertz CT molecular complexity index is 658. The molecule has 0 aliphatic carbocycles. The highest BCUT2D eigenvalue weighted by Gasteiger charge is 2.06. The second-order valence-electron chi connectivity index (χ2n) is 4.45. The van der Waals surface area contributed by atoms with Gasteiger partial charge in [-0.25, -0.2) is 4.39 Å². The van der Waals surface area contributed by atoms with Crippen molar-refractivity contribution in [1.82, 2.24) is 0 Å². The molecule has 2 rings (SSSR count). The number of rotatable bonds is 2. The van der Waals surface area contributed by atoms with Crippen molar-refractivity contribution in [3.8, 4) is 0 Å². The Kier molecular flexibility index (Phi) is 4.57. The van der Waals surface area contributed by atoms with Crippen molar-refractivity contribution in [2.24, 2.45) is 0 Å². The molecule has 0 aliphatic heterocycles. The van der Waals surface area contributed by atoms with Crippen molar-refractivity contribution in [3.63, 3.8) is 0 Å². The second kappa shape index (κ2) is 6.20. The quantitative estimate of drug-likeness (QED) is 0.771. The van der Waals surface area contributed by atoms with E-state index in [-0.39, 0.29) is 5.69 Å². The fourth-order valence-electron chi connectivity index (χ4n) is 1.75. The van der Waals surface area contributed by atoms with Gasteiger partial charge in [0.15, 0.2) is 5.11 Å². The van der Waals surface area contributed by atoms with Crippen molar-refractivity contribution in [1.29, 1.82) is 0 Å².